The molecule has 8 heteroatoms. The quantitative estimate of drug-likeness (QED) is 0.627. The summed E-state index contributed by atoms with van der Waals surface area (Å²) in [7, 11) is 0. The highest BCUT2D eigenvalue weighted by Gasteiger charge is 2.29. The fourth-order valence-corrected chi connectivity index (χ4v) is 4.09. The molecule has 0 saturated carbocycles. The van der Waals surface area contributed by atoms with Crippen LogP contribution in [0, 0.1) is 6.92 Å². The number of amides is 2. The number of nitrogens with zero attached hydrogens (tertiary/aromatic N) is 1. The van der Waals surface area contributed by atoms with Gasteiger partial charge in [-0.05, 0) is 58.8 Å². The molecule has 2 rings (SSSR count). The first-order valence-corrected chi connectivity index (χ1v) is 10.7. The van der Waals surface area contributed by atoms with Gasteiger partial charge in [0.2, 0.25) is 0 Å². The maximum atomic E-state index is 13.4. The van der Waals surface area contributed by atoms with Crippen LogP contribution in [0.5, 0.6) is 0 Å². The molecule has 6 nitrogen and oxygen atoms in total. The first-order valence-electron chi connectivity index (χ1n) is 9.87. The normalized spacial score (nSPS) is 13.4. The number of allylic oxidation sites excluding steroid dienone is 5. The smallest absolute Gasteiger partial charge is 0.341 e. The fourth-order valence-electron chi connectivity index (χ4n) is 2.93. The van der Waals surface area contributed by atoms with Gasteiger partial charge in [-0.1, -0.05) is 12.2 Å². The highest BCUT2D eigenvalue weighted by atomic mass is 32.1. The highest BCUT2D eigenvalue weighted by Crippen LogP contribution is 2.35. The number of carbonyl (C=O) groups excluding carboxylic acids is 3. The van der Waals surface area contributed by atoms with Crippen molar-refractivity contribution >= 4 is 34.1 Å². The Kier molecular flexibility index (Phi) is 8.11. The van der Waals surface area contributed by atoms with Crippen LogP contribution in [0.1, 0.15) is 59.7 Å². The Morgan fingerprint density at radius 1 is 1.23 bits per heavy atom. The molecule has 0 spiro atoms. The van der Waals surface area contributed by atoms with Gasteiger partial charge >= 0.3 is 5.97 Å². The molecule has 0 fully saturated rings. The van der Waals surface area contributed by atoms with E-state index < -0.39 is 17.7 Å². The zero-order chi connectivity index (χ0) is 22.4. The number of esters is 1. The summed E-state index contributed by atoms with van der Waals surface area (Å²) in [6.07, 6.45) is 5.34. The van der Waals surface area contributed by atoms with Crippen LogP contribution in [-0.2, 0) is 9.53 Å². The zero-order valence-corrected chi connectivity index (χ0v) is 18.7. The number of rotatable bonds is 7. The van der Waals surface area contributed by atoms with Crippen molar-refractivity contribution in [1.82, 2.24) is 4.90 Å². The van der Waals surface area contributed by atoms with Gasteiger partial charge < -0.3 is 15.0 Å². The van der Waals surface area contributed by atoms with Crippen LogP contribution in [0.25, 0.3) is 0 Å². The van der Waals surface area contributed by atoms with Crippen molar-refractivity contribution in [2.24, 2.45) is 0 Å². The van der Waals surface area contributed by atoms with Crippen LogP contribution in [0.2, 0.25) is 0 Å². The summed E-state index contributed by atoms with van der Waals surface area (Å²) < 4.78 is 18.7. The van der Waals surface area contributed by atoms with Gasteiger partial charge in [0.25, 0.3) is 11.8 Å². The van der Waals surface area contributed by atoms with Crippen LogP contribution in [-0.4, -0.2) is 41.9 Å². The third kappa shape index (κ3) is 5.44. The lowest BCUT2D eigenvalue weighted by Gasteiger charge is -2.18. The standard InChI is InChI=1S/C22H27FN2O4S/c1-6-25(7-2)21(27)18-14(5)17(22(28)29-13(3)4)20(30-18)24-19(26)15-9-8-10-16(23)12-11-15/h8,10-13H,6-7,9H2,1-5H3,(H,24,26). The van der Waals surface area contributed by atoms with Crippen molar-refractivity contribution in [2.45, 2.75) is 47.1 Å². The number of carbonyl (C=O) groups is 3. The Morgan fingerprint density at radius 2 is 1.90 bits per heavy atom. The number of nitrogens with one attached hydrogen (secondary N) is 1. The number of thiophene rings is 1. The Hall–Kier alpha value is -2.74. The summed E-state index contributed by atoms with van der Waals surface area (Å²) in [6.45, 7) is 9.92. The number of hydrogen-bond acceptors (Lipinski definition) is 5. The van der Waals surface area contributed by atoms with Crippen molar-refractivity contribution in [3.05, 3.63) is 51.7 Å². The number of ether oxygens (including phenoxy) is 1. The van der Waals surface area contributed by atoms with Gasteiger partial charge in [0, 0.05) is 18.7 Å². The molecule has 0 radical (unpaired) electrons. The van der Waals surface area contributed by atoms with E-state index >= 15 is 0 Å². The Labute approximate surface area is 180 Å². The Balaban J connectivity index is 2.45. The molecule has 1 N–H and O–H groups in total. The topological polar surface area (TPSA) is 75.7 Å². The largest absolute Gasteiger partial charge is 0.459 e. The van der Waals surface area contributed by atoms with Crippen LogP contribution < -0.4 is 5.32 Å². The maximum Gasteiger partial charge on any atom is 0.341 e. The maximum absolute atomic E-state index is 13.4. The van der Waals surface area contributed by atoms with Crippen molar-refractivity contribution in [2.75, 3.05) is 18.4 Å². The first kappa shape index (κ1) is 23.5. The Bertz CT molecular complexity index is 924. The lowest BCUT2D eigenvalue weighted by Crippen LogP contribution is -2.30. The molecular formula is C22H27FN2O4S. The van der Waals surface area contributed by atoms with E-state index in [-0.39, 0.29) is 29.0 Å². The summed E-state index contributed by atoms with van der Waals surface area (Å²) in [5, 5.41) is 2.97. The Morgan fingerprint density at radius 3 is 2.50 bits per heavy atom. The van der Waals surface area contributed by atoms with Gasteiger partial charge in [-0.2, -0.15) is 0 Å². The predicted molar refractivity (Wildman–Crippen MR) is 117 cm³/mol. The SMILES string of the molecule is CCN(CC)C(=O)c1sc(NC(=O)C2=CC=C(F)C=CC2)c(C(=O)OC(C)C)c1C. The molecule has 30 heavy (non-hydrogen) atoms. The molecule has 2 amide bonds. The van der Waals surface area contributed by atoms with Crippen molar-refractivity contribution in [1.29, 1.82) is 0 Å². The van der Waals surface area contributed by atoms with Crippen LogP contribution in [0.15, 0.2) is 35.7 Å². The second kappa shape index (κ2) is 10.3. The van der Waals surface area contributed by atoms with E-state index in [1.54, 1.807) is 31.7 Å². The number of halogens is 1. The van der Waals surface area contributed by atoms with Crippen LogP contribution in [0.3, 0.4) is 0 Å². The monoisotopic (exact) mass is 434 g/mol. The molecule has 1 aromatic rings. The molecule has 1 aliphatic rings. The van der Waals surface area contributed by atoms with Gasteiger partial charge in [0.15, 0.2) is 0 Å². The zero-order valence-electron chi connectivity index (χ0n) is 17.9. The summed E-state index contributed by atoms with van der Waals surface area (Å²) in [4.78, 5) is 40.4. The molecule has 162 valence electrons. The average molecular weight is 435 g/mol. The van der Waals surface area contributed by atoms with Gasteiger partial charge in [-0.3, -0.25) is 9.59 Å². The highest BCUT2D eigenvalue weighted by molar-refractivity contribution is 7.18. The molecule has 0 saturated heterocycles. The van der Waals surface area contributed by atoms with Gasteiger partial charge in [-0.15, -0.1) is 11.3 Å². The minimum atomic E-state index is -0.603. The van der Waals surface area contributed by atoms with Crippen molar-refractivity contribution in [3.63, 3.8) is 0 Å². The third-order valence-electron chi connectivity index (χ3n) is 4.52. The van der Waals surface area contributed by atoms with Gasteiger partial charge in [-0.25, -0.2) is 9.18 Å². The van der Waals surface area contributed by atoms with E-state index in [1.807, 2.05) is 13.8 Å². The number of hydrogen-bond donors (Lipinski definition) is 1. The average Bonchev–Trinajstić information content (AvgIpc) is 2.84. The first-order chi connectivity index (χ1) is 14.2. The summed E-state index contributed by atoms with van der Waals surface area (Å²) >= 11 is 1.05. The van der Waals surface area contributed by atoms with Crippen LogP contribution in [0.4, 0.5) is 9.39 Å². The van der Waals surface area contributed by atoms with E-state index in [4.69, 9.17) is 4.74 Å². The van der Waals surface area contributed by atoms with Crippen molar-refractivity contribution in [3.8, 4) is 0 Å². The fraction of sp³-hybridized carbons (Fsp3) is 0.409. The summed E-state index contributed by atoms with van der Waals surface area (Å²) in [5.41, 5.74) is 0.979. The minimum absolute atomic E-state index is 0.170. The molecule has 1 heterocycles. The third-order valence-corrected chi connectivity index (χ3v) is 5.71. The molecule has 0 aliphatic heterocycles. The molecule has 0 aromatic carbocycles. The van der Waals surface area contributed by atoms with E-state index in [1.165, 1.54) is 18.2 Å². The predicted octanol–water partition coefficient (Wildman–Crippen LogP) is 4.78. The summed E-state index contributed by atoms with van der Waals surface area (Å²) in [5.74, 6) is -1.72. The molecule has 0 bridgehead atoms. The molecule has 1 aromatic heterocycles. The van der Waals surface area contributed by atoms with E-state index in [0.717, 1.165) is 11.3 Å². The molecule has 0 unspecified atom stereocenters. The molecule has 0 atom stereocenters. The summed E-state index contributed by atoms with van der Waals surface area (Å²) in [6, 6.07) is 0. The van der Waals surface area contributed by atoms with Gasteiger partial charge in [0.05, 0.1) is 16.5 Å². The van der Waals surface area contributed by atoms with Gasteiger partial charge in [0.1, 0.15) is 10.8 Å². The lowest BCUT2D eigenvalue weighted by atomic mass is 10.1. The molecular weight excluding hydrogens is 407 g/mol. The van der Waals surface area contributed by atoms with E-state index in [2.05, 4.69) is 5.32 Å². The van der Waals surface area contributed by atoms with E-state index in [9.17, 15) is 18.8 Å². The van der Waals surface area contributed by atoms with E-state index in [0.29, 0.717) is 29.1 Å². The second-order valence-electron chi connectivity index (χ2n) is 7.00. The minimum Gasteiger partial charge on any atom is -0.459 e. The second-order valence-corrected chi connectivity index (χ2v) is 8.02. The van der Waals surface area contributed by atoms with Crippen LogP contribution >= 0.6 is 11.3 Å². The lowest BCUT2D eigenvalue weighted by molar-refractivity contribution is -0.112. The number of anilines is 1. The molecule has 1 aliphatic carbocycles. The van der Waals surface area contributed by atoms with Crippen molar-refractivity contribution < 1.29 is 23.5 Å².